The van der Waals surface area contributed by atoms with Crippen molar-refractivity contribution in [3.8, 4) is 5.75 Å². The van der Waals surface area contributed by atoms with E-state index in [2.05, 4.69) is 15.3 Å². The highest BCUT2D eigenvalue weighted by Gasteiger charge is 2.32. The van der Waals surface area contributed by atoms with Crippen LogP contribution in [0.15, 0.2) is 6.33 Å². The van der Waals surface area contributed by atoms with Crippen LogP contribution in [0, 0.1) is 0 Å². The Bertz CT molecular complexity index is 497. The van der Waals surface area contributed by atoms with Gasteiger partial charge in [0.25, 0.3) is 0 Å². The molecule has 1 amide bonds. The first-order valence-corrected chi connectivity index (χ1v) is 6.95. The second-order valence-electron chi connectivity index (χ2n) is 4.69. The molecule has 0 radical (unpaired) electrons. The molecule has 1 aromatic rings. The van der Waals surface area contributed by atoms with Crippen molar-refractivity contribution in [1.29, 1.82) is 0 Å². The van der Waals surface area contributed by atoms with Gasteiger partial charge in [0, 0.05) is 13.1 Å². The van der Waals surface area contributed by atoms with Gasteiger partial charge in [-0.25, -0.2) is 9.97 Å². The van der Waals surface area contributed by atoms with Gasteiger partial charge in [-0.05, 0) is 6.42 Å². The Morgan fingerprint density at radius 2 is 2.43 bits per heavy atom. The fraction of sp³-hybridized carbons (Fsp3) is 0.615. The van der Waals surface area contributed by atoms with E-state index in [1.807, 2.05) is 11.8 Å². The van der Waals surface area contributed by atoms with Crippen LogP contribution >= 0.6 is 0 Å². The van der Waals surface area contributed by atoms with Crippen LogP contribution in [0.4, 0.5) is 11.6 Å². The molecule has 116 valence electrons. The molecule has 21 heavy (non-hydrogen) atoms. The van der Waals surface area contributed by atoms with Crippen molar-refractivity contribution in [2.75, 3.05) is 44.0 Å². The van der Waals surface area contributed by atoms with E-state index in [0.29, 0.717) is 37.9 Å². The first kappa shape index (κ1) is 15.3. The number of nitrogens with zero attached hydrogens (tertiary/aromatic N) is 3. The number of carbonyl (C=O) groups excluding carboxylic acids is 1. The van der Waals surface area contributed by atoms with Crippen molar-refractivity contribution in [3.63, 3.8) is 0 Å². The minimum absolute atomic E-state index is 0.0872. The van der Waals surface area contributed by atoms with E-state index in [4.69, 9.17) is 15.2 Å². The molecular weight excluding hydrogens is 274 g/mol. The maximum Gasteiger partial charge on any atom is 0.245 e. The average molecular weight is 295 g/mol. The van der Waals surface area contributed by atoms with Gasteiger partial charge >= 0.3 is 0 Å². The predicted molar refractivity (Wildman–Crippen MR) is 78.3 cm³/mol. The first-order valence-electron chi connectivity index (χ1n) is 6.95. The van der Waals surface area contributed by atoms with Crippen molar-refractivity contribution in [3.05, 3.63) is 6.33 Å². The van der Waals surface area contributed by atoms with Crippen molar-refractivity contribution in [2.24, 2.45) is 0 Å². The zero-order valence-electron chi connectivity index (χ0n) is 12.3. The molecule has 1 saturated heterocycles. The fourth-order valence-corrected chi connectivity index (χ4v) is 2.22. The summed E-state index contributed by atoms with van der Waals surface area (Å²) in [5.41, 5.74) is 5.81. The van der Waals surface area contributed by atoms with Gasteiger partial charge < -0.3 is 25.4 Å². The lowest BCUT2D eigenvalue weighted by Crippen LogP contribution is -2.54. The maximum absolute atomic E-state index is 12.3. The zero-order valence-corrected chi connectivity index (χ0v) is 12.3. The SMILES string of the molecule is CCCNC(=O)C1COCCN1c1ncnc(N)c1OC. The topological polar surface area (TPSA) is 103 Å². The van der Waals surface area contributed by atoms with E-state index in [0.717, 1.165) is 6.42 Å². The van der Waals surface area contributed by atoms with Crippen LogP contribution in [0.2, 0.25) is 0 Å². The van der Waals surface area contributed by atoms with Crippen molar-refractivity contribution in [1.82, 2.24) is 15.3 Å². The average Bonchev–Trinajstić information content (AvgIpc) is 2.52. The van der Waals surface area contributed by atoms with Crippen LogP contribution in [-0.4, -0.2) is 55.3 Å². The molecule has 0 spiro atoms. The maximum atomic E-state index is 12.3. The summed E-state index contributed by atoms with van der Waals surface area (Å²) in [7, 11) is 1.51. The van der Waals surface area contributed by atoms with Crippen LogP contribution < -0.4 is 20.7 Å². The normalized spacial score (nSPS) is 18.4. The molecule has 2 rings (SSSR count). The Morgan fingerprint density at radius 1 is 1.62 bits per heavy atom. The number of nitrogens with one attached hydrogen (secondary N) is 1. The Hall–Kier alpha value is -2.09. The Labute approximate surface area is 123 Å². The Kier molecular flexibility index (Phi) is 5.15. The van der Waals surface area contributed by atoms with E-state index in [9.17, 15) is 4.79 Å². The van der Waals surface area contributed by atoms with Gasteiger partial charge in [-0.15, -0.1) is 0 Å². The van der Waals surface area contributed by atoms with Crippen molar-refractivity contribution >= 4 is 17.5 Å². The number of nitrogens with two attached hydrogens (primary N) is 1. The van der Waals surface area contributed by atoms with Gasteiger partial charge in [0.2, 0.25) is 11.7 Å². The molecule has 3 N–H and O–H groups in total. The van der Waals surface area contributed by atoms with Crippen LogP contribution in [0.5, 0.6) is 5.75 Å². The molecule has 0 aromatic carbocycles. The summed E-state index contributed by atoms with van der Waals surface area (Å²) >= 11 is 0. The Morgan fingerprint density at radius 3 is 3.14 bits per heavy atom. The lowest BCUT2D eigenvalue weighted by atomic mass is 10.2. The predicted octanol–water partition coefficient (Wildman–Crippen LogP) is -0.201. The van der Waals surface area contributed by atoms with E-state index in [-0.39, 0.29) is 11.7 Å². The van der Waals surface area contributed by atoms with Crippen LogP contribution in [0.25, 0.3) is 0 Å². The molecule has 1 aliphatic heterocycles. The first-order chi connectivity index (χ1) is 10.2. The lowest BCUT2D eigenvalue weighted by Gasteiger charge is -2.35. The number of morpholine rings is 1. The highest BCUT2D eigenvalue weighted by atomic mass is 16.5. The zero-order chi connectivity index (χ0) is 15.2. The molecule has 1 aliphatic rings. The molecule has 1 unspecified atom stereocenters. The number of hydrogen-bond acceptors (Lipinski definition) is 7. The molecule has 2 heterocycles. The number of amides is 1. The lowest BCUT2D eigenvalue weighted by molar-refractivity contribution is -0.124. The highest BCUT2D eigenvalue weighted by molar-refractivity contribution is 5.86. The number of methoxy groups -OCH3 is 1. The van der Waals surface area contributed by atoms with E-state index >= 15 is 0 Å². The fourth-order valence-electron chi connectivity index (χ4n) is 2.22. The minimum atomic E-state index is -0.450. The molecule has 8 heteroatoms. The third-order valence-electron chi connectivity index (χ3n) is 3.27. The van der Waals surface area contributed by atoms with Gasteiger partial charge in [-0.1, -0.05) is 6.92 Å². The third-order valence-corrected chi connectivity index (χ3v) is 3.27. The number of hydrogen-bond donors (Lipinski definition) is 2. The summed E-state index contributed by atoms with van der Waals surface area (Å²) in [5, 5.41) is 2.88. The van der Waals surface area contributed by atoms with Crippen LogP contribution in [0.1, 0.15) is 13.3 Å². The number of rotatable bonds is 5. The molecule has 1 aromatic heterocycles. The summed E-state index contributed by atoms with van der Waals surface area (Å²) in [6, 6.07) is -0.450. The van der Waals surface area contributed by atoms with Gasteiger partial charge in [-0.2, -0.15) is 0 Å². The number of nitrogen functional groups attached to an aromatic ring is 1. The van der Waals surface area contributed by atoms with E-state index in [1.165, 1.54) is 13.4 Å². The quantitative estimate of drug-likeness (QED) is 0.775. The summed E-state index contributed by atoms with van der Waals surface area (Å²) in [6.45, 7) is 4.00. The van der Waals surface area contributed by atoms with Crippen LogP contribution in [0.3, 0.4) is 0 Å². The Balaban J connectivity index is 2.26. The smallest absolute Gasteiger partial charge is 0.245 e. The minimum Gasteiger partial charge on any atom is -0.490 e. The van der Waals surface area contributed by atoms with Gasteiger partial charge in [0.15, 0.2) is 11.6 Å². The monoisotopic (exact) mass is 295 g/mol. The summed E-state index contributed by atoms with van der Waals surface area (Å²) in [4.78, 5) is 22.3. The number of aromatic nitrogens is 2. The summed E-state index contributed by atoms with van der Waals surface area (Å²) < 4.78 is 10.7. The molecule has 8 nitrogen and oxygen atoms in total. The third kappa shape index (κ3) is 3.33. The molecule has 0 bridgehead atoms. The molecular formula is C13H21N5O3. The molecule has 1 atom stereocenters. The number of anilines is 2. The number of ether oxygens (including phenoxy) is 2. The highest BCUT2D eigenvalue weighted by Crippen LogP contribution is 2.31. The van der Waals surface area contributed by atoms with Crippen LogP contribution in [-0.2, 0) is 9.53 Å². The van der Waals surface area contributed by atoms with Gasteiger partial charge in [0.1, 0.15) is 12.4 Å². The molecule has 1 fully saturated rings. The molecule has 0 aliphatic carbocycles. The summed E-state index contributed by atoms with van der Waals surface area (Å²) in [5.74, 6) is 1.06. The second kappa shape index (κ2) is 7.07. The largest absolute Gasteiger partial charge is 0.490 e. The van der Waals surface area contributed by atoms with Crippen molar-refractivity contribution < 1.29 is 14.3 Å². The van der Waals surface area contributed by atoms with E-state index in [1.54, 1.807) is 0 Å². The standard InChI is InChI=1S/C13H21N5O3/c1-3-4-15-13(19)9-7-21-6-5-18(9)12-10(20-2)11(14)16-8-17-12/h8-9H,3-7H2,1-2H3,(H,15,19)(H2,14,16,17). The van der Waals surface area contributed by atoms with E-state index < -0.39 is 6.04 Å². The van der Waals surface area contributed by atoms with Gasteiger partial charge in [-0.3, -0.25) is 4.79 Å². The van der Waals surface area contributed by atoms with Gasteiger partial charge in [0.05, 0.1) is 20.3 Å². The van der Waals surface area contributed by atoms with Crippen molar-refractivity contribution in [2.45, 2.75) is 19.4 Å². The second-order valence-corrected chi connectivity index (χ2v) is 4.69. The number of carbonyl (C=O) groups is 1. The summed E-state index contributed by atoms with van der Waals surface area (Å²) in [6.07, 6.45) is 2.24. The molecule has 0 saturated carbocycles.